The molecular weight excluding hydrogens is 328 g/mol. The Morgan fingerprint density at radius 3 is 2.64 bits per heavy atom. The molecule has 1 N–H and O–H groups in total. The Kier molecular flexibility index (Phi) is 4.31. The molecule has 0 unspecified atom stereocenters. The lowest BCUT2D eigenvalue weighted by Gasteiger charge is -2.11. The monoisotopic (exact) mass is 343 g/mol. The zero-order valence-corrected chi connectivity index (χ0v) is 13.6. The van der Waals surface area contributed by atoms with Crippen molar-refractivity contribution >= 4 is 22.5 Å². The van der Waals surface area contributed by atoms with Gasteiger partial charge < -0.3 is 5.32 Å². The summed E-state index contributed by atoms with van der Waals surface area (Å²) in [4.78, 5) is 28.5. The molecule has 25 heavy (non-hydrogen) atoms. The summed E-state index contributed by atoms with van der Waals surface area (Å²) >= 11 is 0. The molecule has 0 aliphatic heterocycles. The van der Waals surface area contributed by atoms with Gasteiger partial charge in [-0.15, -0.1) is 0 Å². The lowest BCUT2D eigenvalue weighted by atomic mass is 10.1. The van der Waals surface area contributed by atoms with E-state index in [1.807, 2.05) is 32.0 Å². The minimum atomic E-state index is -1.14. The summed E-state index contributed by atoms with van der Waals surface area (Å²) in [5, 5.41) is 2.65. The van der Waals surface area contributed by atoms with Crippen molar-refractivity contribution in [2.75, 3.05) is 5.32 Å². The van der Waals surface area contributed by atoms with Crippen LogP contribution in [0.15, 0.2) is 41.5 Å². The maximum Gasteiger partial charge on any atom is 0.261 e. The number of carbonyl (C=O) groups is 1. The predicted molar refractivity (Wildman–Crippen MR) is 90.5 cm³/mol. The first-order chi connectivity index (χ1) is 11.8. The molecule has 0 saturated carbocycles. The summed E-state index contributed by atoms with van der Waals surface area (Å²) in [5.41, 5.74) is 1.96. The molecule has 0 bridgehead atoms. The van der Waals surface area contributed by atoms with E-state index in [0.717, 1.165) is 34.2 Å². The van der Waals surface area contributed by atoms with Crippen molar-refractivity contribution in [3.8, 4) is 0 Å². The first kappa shape index (κ1) is 16.8. The molecular formula is C18H15F2N3O2. The van der Waals surface area contributed by atoms with Crippen LogP contribution in [0, 0.1) is 25.5 Å². The number of amides is 1. The molecule has 0 aliphatic carbocycles. The maximum atomic E-state index is 13.4. The van der Waals surface area contributed by atoms with Gasteiger partial charge in [0.2, 0.25) is 5.91 Å². The lowest BCUT2D eigenvalue weighted by Crippen LogP contribution is -2.28. The Balaban J connectivity index is 1.89. The number of hydrogen-bond donors (Lipinski definition) is 1. The predicted octanol–water partition coefficient (Wildman–Crippen LogP) is 2.93. The Bertz CT molecular complexity index is 1040. The van der Waals surface area contributed by atoms with Crippen molar-refractivity contribution < 1.29 is 13.6 Å². The van der Waals surface area contributed by atoms with Crippen molar-refractivity contribution in [2.24, 2.45) is 0 Å². The van der Waals surface area contributed by atoms with E-state index in [0.29, 0.717) is 5.69 Å². The first-order valence-electron chi connectivity index (χ1n) is 7.56. The van der Waals surface area contributed by atoms with Crippen LogP contribution in [0.5, 0.6) is 0 Å². The highest BCUT2D eigenvalue weighted by molar-refractivity contribution is 5.91. The molecule has 128 valence electrons. The normalized spacial score (nSPS) is 10.9. The summed E-state index contributed by atoms with van der Waals surface area (Å²) < 4.78 is 27.6. The zero-order valence-electron chi connectivity index (χ0n) is 13.6. The zero-order chi connectivity index (χ0) is 18.1. The molecule has 0 saturated heterocycles. The molecule has 7 heteroatoms. The van der Waals surface area contributed by atoms with Crippen LogP contribution < -0.4 is 10.9 Å². The third kappa shape index (κ3) is 3.40. The molecule has 0 fully saturated rings. The number of carbonyl (C=O) groups excluding carboxylic acids is 1. The van der Waals surface area contributed by atoms with Crippen LogP contribution in [0.25, 0.3) is 10.9 Å². The number of aryl methyl sites for hydroxylation is 2. The highest BCUT2D eigenvalue weighted by Gasteiger charge is 2.12. The molecule has 2 aromatic carbocycles. The van der Waals surface area contributed by atoms with Crippen molar-refractivity contribution in [1.29, 1.82) is 0 Å². The number of halogens is 2. The summed E-state index contributed by atoms with van der Waals surface area (Å²) in [6, 6.07) is 7.28. The Morgan fingerprint density at radius 2 is 1.88 bits per heavy atom. The third-order valence-electron chi connectivity index (χ3n) is 3.85. The molecule has 0 aliphatic rings. The SMILES string of the molecule is Cc1ccc(C)c(NC(=O)Cn2cnc3cc(F)c(F)cc3c2=O)c1. The molecule has 3 aromatic rings. The van der Waals surface area contributed by atoms with Crippen LogP contribution in [-0.4, -0.2) is 15.5 Å². The molecule has 1 amide bonds. The van der Waals surface area contributed by atoms with E-state index in [1.54, 1.807) is 0 Å². The topological polar surface area (TPSA) is 64.0 Å². The highest BCUT2D eigenvalue weighted by atomic mass is 19.2. The third-order valence-corrected chi connectivity index (χ3v) is 3.85. The van der Waals surface area contributed by atoms with Gasteiger partial charge in [-0.05, 0) is 37.1 Å². The smallest absolute Gasteiger partial charge is 0.261 e. The fourth-order valence-corrected chi connectivity index (χ4v) is 2.48. The molecule has 0 spiro atoms. The number of aromatic nitrogens is 2. The number of hydrogen-bond acceptors (Lipinski definition) is 3. The Hall–Kier alpha value is -3.09. The summed E-state index contributed by atoms with van der Waals surface area (Å²) in [6.45, 7) is 3.48. The van der Waals surface area contributed by atoms with E-state index in [2.05, 4.69) is 10.3 Å². The summed E-state index contributed by atoms with van der Waals surface area (Å²) in [7, 11) is 0. The van der Waals surface area contributed by atoms with Gasteiger partial charge in [0.05, 0.1) is 17.2 Å². The second kappa shape index (κ2) is 6.43. The number of nitrogens with zero attached hydrogens (tertiary/aromatic N) is 2. The average Bonchev–Trinajstić information content (AvgIpc) is 2.56. The second-order valence-corrected chi connectivity index (χ2v) is 5.83. The largest absolute Gasteiger partial charge is 0.324 e. The van der Waals surface area contributed by atoms with E-state index in [4.69, 9.17) is 0 Å². The van der Waals surface area contributed by atoms with Crippen LogP contribution in [0.4, 0.5) is 14.5 Å². The van der Waals surface area contributed by atoms with E-state index < -0.39 is 23.1 Å². The van der Waals surface area contributed by atoms with Crippen LogP contribution >= 0.6 is 0 Å². The highest BCUT2D eigenvalue weighted by Crippen LogP contribution is 2.16. The van der Waals surface area contributed by atoms with E-state index in [9.17, 15) is 18.4 Å². The van der Waals surface area contributed by atoms with Gasteiger partial charge in [0.1, 0.15) is 6.54 Å². The van der Waals surface area contributed by atoms with Crippen molar-refractivity contribution in [2.45, 2.75) is 20.4 Å². The van der Waals surface area contributed by atoms with Gasteiger partial charge >= 0.3 is 0 Å². The van der Waals surface area contributed by atoms with Crippen LogP contribution in [0.2, 0.25) is 0 Å². The molecule has 5 nitrogen and oxygen atoms in total. The van der Waals surface area contributed by atoms with E-state index >= 15 is 0 Å². The first-order valence-corrected chi connectivity index (χ1v) is 7.56. The Morgan fingerprint density at radius 1 is 1.16 bits per heavy atom. The van der Waals surface area contributed by atoms with Crippen LogP contribution in [0.1, 0.15) is 11.1 Å². The van der Waals surface area contributed by atoms with Gasteiger partial charge in [-0.2, -0.15) is 0 Å². The van der Waals surface area contributed by atoms with Crippen LogP contribution in [0.3, 0.4) is 0 Å². The average molecular weight is 343 g/mol. The standard InChI is InChI=1S/C18H15F2N3O2/c1-10-3-4-11(2)15(5-10)22-17(24)8-23-9-21-16-7-14(20)13(19)6-12(16)18(23)25/h3-7,9H,8H2,1-2H3,(H,22,24). The number of fused-ring (bicyclic) bond motifs is 1. The lowest BCUT2D eigenvalue weighted by molar-refractivity contribution is -0.116. The number of benzene rings is 2. The van der Waals surface area contributed by atoms with Gasteiger partial charge in [-0.3, -0.25) is 14.2 Å². The van der Waals surface area contributed by atoms with Crippen molar-refractivity contribution in [1.82, 2.24) is 9.55 Å². The minimum absolute atomic E-state index is 0.0371. The molecule has 1 aromatic heterocycles. The van der Waals surface area contributed by atoms with Gasteiger partial charge in [0, 0.05) is 11.8 Å². The van der Waals surface area contributed by atoms with Gasteiger partial charge in [-0.25, -0.2) is 13.8 Å². The fraction of sp³-hybridized carbons (Fsp3) is 0.167. The number of nitrogens with one attached hydrogen (secondary N) is 1. The quantitative estimate of drug-likeness (QED) is 0.795. The molecule has 0 atom stereocenters. The van der Waals surface area contributed by atoms with E-state index in [1.165, 1.54) is 0 Å². The van der Waals surface area contributed by atoms with Crippen molar-refractivity contribution in [3.63, 3.8) is 0 Å². The Labute approximate surface area is 141 Å². The second-order valence-electron chi connectivity index (χ2n) is 5.83. The van der Waals surface area contributed by atoms with Gasteiger partial charge in [-0.1, -0.05) is 12.1 Å². The summed E-state index contributed by atoms with van der Waals surface area (Å²) in [6.07, 6.45) is 1.14. The fourth-order valence-electron chi connectivity index (χ4n) is 2.48. The number of anilines is 1. The molecule has 0 radical (unpaired) electrons. The summed E-state index contributed by atoms with van der Waals surface area (Å²) in [5.74, 6) is -2.63. The minimum Gasteiger partial charge on any atom is -0.324 e. The number of rotatable bonds is 3. The maximum absolute atomic E-state index is 13.4. The van der Waals surface area contributed by atoms with Gasteiger partial charge in [0.25, 0.3) is 5.56 Å². The molecule has 3 rings (SSSR count). The van der Waals surface area contributed by atoms with E-state index in [-0.39, 0.29) is 17.4 Å². The van der Waals surface area contributed by atoms with Crippen molar-refractivity contribution in [3.05, 3.63) is 69.8 Å². The van der Waals surface area contributed by atoms with Gasteiger partial charge in [0.15, 0.2) is 11.6 Å². The molecule has 1 heterocycles. The van der Waals surface area contributed by atoms with Crippen LogP contribution in [-0.2, 0) is 11.3 Å².